The minimum Gasteiger partial charge on any atom is -0.457 e. The highest BCUT2D eigenvalue weighted by atomic mass is 32.2. The first-order chi connectivity index (χ1) is 12.3. The van der Waals surface area contributed by atoms with Crippen LogP contribution in [0.1, 0.15) is 21.5 Å². The van der Waals surface area contributed by atoms with Crippen molar-refractivity contribution in [3.8, 4) is 0 Å². The molecule has 0 unspecified atom stereocenters. The lowest BCUT2D eigenvalue weighted by Gasteiger charge is -2.10. The molecule has 6 nitrogen and oxygen atoms in total. The van der Waals surface area contributed by atoms with Crippen LogP contribution < -0.4 is 5.63 Å². The third kappa shape index (κ3) is 3.67. The van der Waals surface area contributed by atoms with Gasteiger partial charge in [0.1, 0.15) is 12.2 Å². The van der Waals surface area contributed by atoms with Gasteiger partial charge in [0, 0.05) is 23.3 Å². The van der Waals surface area contributed by atoms with E-state index in [1.165, 1.54) is 24.3 Å². The van der Waals surface area contributed by atoms with Gasteiger partial charge in [0.05, 0.1) is 10.5 Å². The number of benzene rings is 2. The Morgan fingerprint density at radius 2 is 1.85 bits per heavy atom. The first-order valence-corrected chi connectivity index (χ1v) is 9.64. The van der Waals surface area contributed by atoms with E-state index in [2.05, 4.69) is 0 Å². The zero-order chi connectivity index (χ0) is 18.9. The summed E-state index contributed by atoms with van der Waals surface area (Å²) in [4.78, 5) is 24.0. The second kappa shape index (κ2) is 6.76. The van der Waals surface area contributed by atoms with Gasteiger partial charge in [-0.1, -0.05) is 24.3 Å². The van der Waals surface area contributed by atoms with Gasteiger partial charge in [0.25, 0.3) is 0 Å². The molecule has 26 heavy (non-hydrogen) atoms. The fourth-order valence-corrected chi connectivity index (χ4v) is 3.51. The Labute approximate surface area is 149 Å². The maximum atomic E-state index is 12.4. The zero-order valence-electron chi connectivity index (χ0n) is 14.2. The molecule has 0 amide bonds. The molecule has 0 aliphatic carbocycles. The number of ether oxygens (including phenoxy) is 1. The average molecular weight is 372 g/mol. The van der Waals surface area contributed by atoms with Crippen LogP contribution >= 0.6 is 0 Å². The summed E-state index contributed by atoms with van der Waals surface area (Å²) in [5, 5.41) is 0.652. The van der Waals surface area contributed by atoms with Gasteiger partial charge >= 0.3 is 11.6 Å². The summed E-state index contributed by atoms with van der Waals surface area (Å²) in [5.41, 5.74) is 1.22. The van der Waals surface area contributed by atoms with Crippen LogP contribution in [0.5, 0.6) is 0 Å². The third-order valence-electron chi connectivity index (χ3n) is 3.85. The van der Waals surface area contributed by atoms with Crippen LogP contribution in [0.15, 0.2) is 62.6 Å². The molecule has 0 aliphatic heterocycles. The number of carbonyl (C=O) groups excluding carboxylic acids is 1. The largest absolute Gasteiger partial charge is 0.457 e. The number of hydrogen-bond donors (Lipinski definition) is 0. The summed E-state index contributed by atoms with van der Waals surface area (Å²) in [6, 6.07) is 12.4. The number of esters is 1. The van der Waals surface area contributed by atoms with Crippen molar-refractivity contribution < 1.29 is 22.4 Å². The number of aryl methyl sites for hydroxylation is 1. The normalized spacial score (nSPS) is 11.5. The molecule has 0 fully saturated rings. The lowest BCUT2D eigenvalue weighted by Crippen LogP contribution is -2.12. The van der Waals surface area contributed by atoms with Crippen LogP contribution in [-0.2, 0) is 21.2 Å². The van der Waals surface area contributed by atoms with E-state index in [0.717, 1.165) is 11.8 Å². The first-order valence-electron chi connectivity index (χ1n) is 7.75. The van der Waals surface area contributed by atoms with Crippen molar-refractivity contribution in [3.63, 3.8) is 0 Å². The number of sulfone groups is 1. The van der Waals surface area contributed by atoms with Gasteiger partial charge in [-0.15, -0.1) is 0 Å². The number of fused-ring (bicyclic) bond motifs is 1. The van der Waals surface area contributed by atoms with Gasteiger partial charge in [-0.2, -0.15) is 0 Å². The summed E-state index contributed by atoms with van der Waals surface area (Å²) in [6.45, 7) is 1.69. The van der Waals surface area contributed by atoms with Crippen LogP contribution in [0.2, 0.25) is 0 Å². The molecule has 0 aliphatic rings. The predicted molar refractivity (Wildman–Crippen MR) is 95.9 cm³/mol. The fraction of sp³-hybridized carbons (Fsp3) is 0.158. The van der Waals surface area contributed by atoms with Crippen molar-refractivity contribution in [2.75, 3.05) is 6.26 Å². The minimum atomic E-state index is -3.57. The van der Waals surface area contributed by atoms with Gasteiger partial charge in [-0.05, 0) is 30.7 Å². The fourth-order valence-electron chi connectivity index (χ4n) is 2.64. The summed E-state index contributed by atoms with van der Waals surface area (Å²) in [5.74, 6) is -0.778. The topological polar surface area (TPSA) is 90.7 Å². The standard InChI is InChI=1S/C19H16O6S/c1-12-7-8-14-13(10-18(20)25-16(14)9-12)11-24-19(21)15-5-3-4-6-17(15)26(2,22)23/h3-10H,11H2,1-2H3. The molecule has 0 N–H and O–H groups in total. The van der Waals surface area contributed by atoms with E-state index in [4.69, 9.17) is 9.15 Å². The van der Waals surface area contributed by atoms with Crippen molar-refractivity contribution in [1.82, 2.24) is 0 Å². The van der Waals surface area contributed by atoms with E-state index in [-0.39, 0.29) is 17.1 Å². The lowest BCUT2D eigenvalue weighted by atomic mass is 10.1. The van der Waals surface area contributed by atoms with Crippen molar-refractivity contribution in [2.45, 2.75) is 18.4 Å². The molecule has 3 aromatic rings. The molecule has 0 saturated carbocycles. The Hall–Kier alpha value is -2.93. The van der Waals surface area contributed by atoms with Crippen LogP contribution in [0.25, 0.3) is 11.0 Å². The molecule has 134 valence electrons. The van der Waals surface area contributed by atoms with E-state index < -0.39 is 21.4 Å². The Bertz CT molecular complexity index is 1160. The molecule has 1 heterocycles. The molecule has 2 aromatic carbocycles. The highest BCUT2D eigenvalue weighted by Crippen LogP contribution is 2.21. The van der Waals surface area contributed by atoms with Gasteiger partial charge in [0.2, 0.25) is 0 Å². The monoisotopic (exact) mass is 372 g/mol. The molecule has 7 heteroatoms. The molecular formula is C19H16O6S. The van der Waals surface area contributed by atoms with Crippen molar-refractivity contribution in [2.24, 2.45) is 0 Å². The van der Waals surface area contributed by atoms with Crippen molar-refractivity contribution in [3.05, 3.63) is 75.6 Å². The summed E-state index contributed by atoms with van der Waals surface area (Å²) < 4.78 is 34.1. The Kier molecular flexibility index (Phi) is 4.65. The van der Waals surface area contributed by atoms with E-state index in [1.807, 2.05) is 13.0 Å². The molecule has 1 aromatic heterocycles. The smallest absolute Gasteiger partial charge is 0.339 e. The lowest BCUT2D eigenvalue weighted by molar-refractivity contribution is 0.0469. The van der Waals surface area contributed by atoms with Crippen LogP contribution in [0.3, 0.4) is 0 Å². The van der Waals surface area contributed by atoms with Gasteiger partial charge in [-0.3, -0.25) is 0 Å². The zero-order valence-corrected chi connectivity index (χ0v) is 15.0. The molecule has 0 saturated heterocycles. The van der Waals surface area contributed by atoms with E-state index in [9.17, 15) is 18.0 Å². The van der Waals surface area contributed by atoms with Crippen LogP contribution in [-0.4, -0.2) is 20.6 Å². The second-order valence-corrected chi connectivity index (χ2v) is 7.92. The minimum absolute atomic E-state index is 0.0434. The van der Waals surface area contributed by atoms with Crippen LogP contribution in [0.4, 0.5) is 0 Å². The number of carbonyl (C=O) groups is 1. The van der Waals surface area contributed by atoms with E-state index in [1.54, 1.807) is 18.2 Å². The van der Waals surface area contributed by atoms with Gasteiger partial charge < -0.3 is 9.15 Å². The average Bonchev–Trinajstić information content (AvgIpc) is 2.58. The summed E-state index contributed by atoms with van der Waals surface area (Å²) >= 11 is 0. The SMILES string of the molecule is Cc1ccc2c(COC(=O)c3ccccc3S(C)(=O)=O)cc(=O)oc2c1. The third-order valence-corrected chi connectivity index (χ3v) is 5.01. The summed E-state index contributed by atoms with van der Waals surface area (Å²) in [7, 11) is -3.57. The molecule has 0 radical (unpaired) electrons. The quantitative estimate of drug-likeness (QED) is 0.517. The predicted octanol–water partition coefficient (Wildman–Crippen LogP) is 2.86. The first kappa shape index (κ1) is 17.9. The van der Waals surface area contributed by atoms with Gasteiger partial charge in [0.15, 0.2) is 9.84 Å². The van der Waals surface area contributed by atoms with E-state index >= 15 is 0 Å². The van der Waals surface area contributed by atoms with Crippen molar-refractivity contribution >= 4 is 26.8 Å². The molecule has 0 spiro atoms. The molecule has 3 rings (SSSR count). The molecule has 0 atom stereocenters. The molecule has 0 bridgehead atoms. The van der Waals surface area contributed by atoms with Gasteiger partial charge in [-0.25, -0.2) is 18.0 Å². The highest BCUT2D eigenvalue weighted by Gasteiger charge is 2.19. The highest BCUT2D eigenvalue weighted by molar-refractivity contribution is 7.90. The maximum absolute atomic E-state index is 12.4. The maximum Gasteiger partial charge on any atom is 0.339 e. The van der Waals surface area contributed by atoms with E-state index in [0.29, 0.717) is 16.5 Å². The second-order valence-electron chi connectivity index (χ2n) is 5.93. The molecular weight excluding hydrogens is 356 g/mol. The van der Waals surface area contributed by atoms with Crippen molar-refractivity contribution in [1.29, 1.82) is 0 Å². The Morgan fingerprint density at radius 3 is 2.58 bits per heavy atom. The number of rotatable bonds is 4. The Balaban J connectivity index is 1.92. The van der Waals surface area contributed by atoms with Crippen LogP contribution in [0, 0.1) is 6.92 Å². The summed E-state index contributed by atoms with van der Waals surface area (Å²) in [6.07, 6.45) is 1.03. The number of hydrogen-bond acceptors (Lipinski definition) is 6. The Morgan fingerprint density at radius 1 is 1.12 bits per heavy atom.